The van der Waals surface area contributed by atoms with Gasteiger partial charge < -0.3 is 9.47 Å². The number of benzene rings is 1. The molecule has 0 aliphatic rings. The van der Waals surface area contributed by atoms with Gasteiger partial charge in [0, 0.05) is 10.5 Å². The van der Waals surface area contributed by atoms with Gasteiger partial charge in [-0.3, -0.25) is 0 Å². The van der Waals surface area contributed by atoms with Crippen molar-refractivity contribution in [1.82, 2.24) is 0 Å². The van der Waals surface area contributed by atoms with Crippen molar-refractivity contribution < 1.29 is 14.3 Å². The van der Waals surface area contributed by atoms with E-state index < -0.39 is 0 Å². The van der Waals surface area contributed by atoms with Gasteiger partial charge in [-0.05, 0) is 19.1 Å². The van der Waals surface area contributed by atoms with Crippen LogP contribution in [-0.4, -0.2) is 25.1 Å². The van der Waals surface area contributed by atoms with Crippen molar-refractivity contribution in [3.8, 4) is 0 Å². The Labute approximate surface area is 106 Å². The number of carbonyl (C=O) groups excluding carboxylic acids is 1. The molecule has 92 valence electrons. The molecular weight excluding hydrogens is 236 g/mol. The molecule has 17 heavy (non-hydrogen) atoms. The largest absolute Gasteiger partial charge is 0.460 e. The van der Waals surface area contributed by atoms with Gasteiger partial charge in [-0.1, -0.05) is 36.5 Å². The fraction of sp³-hybridized carbons (Fsp3) is 0.308. The predicted octanol–water partition coefficient (Wildman–Crippen LogP) is 2.87. The lowest BCUT2D eigenvalue weighted by atomic mass is 10.4. The highest BCUT2D eigenvalue weighted by atomic mass is 32.2. The van der Waals surface area contributed by atoms with E-state index in [9.17, 15) is 4.79 Å². The van der Waals surface area contributed by atoms with Crippen molar-refractivity contribution in [3.05, 3.63) is 42.5 Å². The number of ether oxygens (including phenoxy) is 2. The Bertz CT molecular complexity index is 362. The van der Waals surface area contributed by atoms with Crippen LogP contribution in [0.4, 0.5) is 0 Å². The first-order valence-corrected chi connectivity index (χ1v) is 6.27. The minimum atomic E-state index is -0.371. The molecule has 0 saturated heterocycles. The van der Waals surface area contributed by atoms with Gasteiger partial charge in [0.1, 0.15) is 6.61 Å². The number of hydrogen-bond donors (Lipinski definition) is 0. The second-order valence-electron chi connectivity index (χ2n) is 3.40. The van der Waals surface area contributed by atoms with E-state index in [1.54, 1.807) is 18.7 Å². The standard InChI is InChI=1S/C13H16O3S/c1-11(2)13(14)16-9-8-15-10-17-12-6-4-3-5-7-12/h3-7H,1,8-10H2,2H3. The summed E-state index contributed by atoms with van der Waals surface area (Å²) in [6.07, 6.45) is 0. The Morgan fingerprint density at radius 3 is 2.65 bits per heavy atom. The van der Waals surface area contributed by atoms with Crippen LogP contribution in [0.25, 0.3) is 0 Å². The van der Waals surface area contributed by atoms with Crippen LogP contribution in [-0.2, 0) is 14.3 Å². The van der Waals surface area contributed by atoms with Crippen molar-refractivity contribution in [1.29, 1.82) is 0 Å². The van der Waals surface area contributed by atoms with E-state index in [-0.39, 0.29) is 12.6 Å². The summed E-state index contributed by atoms with van der Waals surface area (Å²) in [6, 6.07) is 9.99. The molecule has 0 bridgehead atoms. The summed E-state index contributed by atoms with van der Waals surface area (Å²) in [5.41, 5.74) is 0.406. The van der Waals surface area contributed by atoms with Crippen molar-refractivity contribution in [2.75, 3.05) is 19.2 Å². The van der Waals surface area contributed by atoms with E-state index in [1.165, 1.54) is 0 Å². The molecular formula is C13H16O3S. The molecule has 4 heteroatoms. The molecule has 0 aromatic heterocycles. The maximum atomic E-state index is 11.0. The van der Waals surface area contributed by atoms with Crippen molar-refractivity contribution in [2.45, 2.75) is 11.8 Å². The molecule has 0 saturated carbocycles. The van der Waals surface area contributed by atoms with E-state index in [4.69, 9.17) is 9.47 Å². The molecule has 1 rings (SSSR count). The first kappa shape index (κ1) is 13.8. The number of esters is 1. The normalized spacial score (nSPS) is 9.94. The highest BCUT2D eigenvalue weighted by Gasteiger charge is 2.01. The Balaban J connectivity index is 2.02. The summed E-state index contributed by atoms with van der Waals surface area (Å²) in [5, 5.41) is 0. The highest BCUT2D eigenvalue weighted by Crippen LogP contribution is 2.16. The third-order valence-corrected chi connectivity index (χ3v) is 2.75. The lowest BCUT2D eigenvalue weighted by molar-refractivity contribution is -0.140. The Morgan fingerprint density at radius 1 is 1.29 bits per heavy atom. The molecule has 1 aromatic carbocycles. The second kappa shape index (κ2) is 7.92. The van der Waals surface area contributed by atoms with Crippen molar-refractivity contribution in [3.63, 3.8) is 0 Å². The zero-order valence-electron chi connectivity index (χ0n) is 9.85. The molecule has 0 N–H and O–H groups in total. The van der Waals surface area contributed by atoms with E-state index in [2.05, 4.69) is 6.58 Å². The minimum absolute atomic E-state index is 0.265. The third-order valence-electron chi connectivity index (χ3n) is 1.86. The Morgan fingerprint density at radius 2 is 2.00 bits per heavy atom. The summed E-state index contributed by atoms with van der Waals surface area (Å²) in [6.45, 7) is 5.78. The maximum Gasteiger partial charge on any atom is 0.333 e. The van der Waals surface area contributed by atoms with Crippen LogP contribution >= 0.6 is 11.8 Å². The monoisotopic (exact) mass is 252 g/mol. The summed E-state index contributed by atoms with van der Waals surface area (Å²) in [7, 11) is 0. The fourth-order valence-corrected chi connectivity index (χ4v) is 1.69. The van der Waals surface area contributed by atoms with Gasteiger partial charge in [0.05, 0.1) is 12.5 Å². The van der Waals surface area contributed by atoms with Crippen LogP contribution in [0.2, 0.25) is 0 Å². The number of hydrogen-bond acceptors (Lipinski definition) is 4. The molecule has 1 aromatic rings. The molecule has 0 aliphatic carbocycles. The van der Waals surface area contributed by atoms with Crippen LogP contribution in [0.1, 0.15) is 6.92 Å². The SMILES string of the molecule is C=C(C)C(=O)OCCOCSc1ccccc1. The molecule has 0 unspecified atom stereocenters. The molecule has 0 aliphatic heterocycles. The minimum Gasteiger partial charge on any atom is -0.460 e. The van der Waals surface area contributed by atoms with E-state index in [1.807, 2.05) is 30.3 Å². The first-order chi connectivity index (χ1) is 8.20. The topological polar surface area (TPSA) is 35.5 Å². The van der Waals surface area contributed by atoms with Crippen LogP contribution < -0.4 is 0 Å². The molecule has 0 radical (unpaired) electrons. The predicted molar refractivity (Wildman–Crippen MR) is 68.9 cm³/mol. The Hall–Kier alpha value is -1.26. The van der Waals surface area contributed by atoms with Crippen molar-refractivity contribution in [2.24, 2.45) is 0 Å². The smallest absolute Gasteiger partial charge is 0.333 e. The number of thioether (sulfide) groups is 1. The average molecular weight is 252 g/mol. The summed E-state index contributed by atoms with van der Waals surface area (Å²) >= 11 is 1.61. The van der Waals surface area contributed by atoms with Gasteiger partial charge in [0.15, 0.2) is 0 Å². The first-order valence-electron chi connectivity index (χ1n) is 5.28. The van der Waals surface area contributed by atoms with E-state index in [0.29, 0.717) is 18.1 Å². The summed E-state index contributed by atoms with van der Waals surface area (Å²) in [5.74, 6) is 0.179. The average Bonchev–Trinajstić information content (AvgIpc) is 2.34. The highest BCUT2D eigenvalue weighted by molar-refractivity contribution is 7.99. The maximum absolute atomic E-state index is 11.0. The lowest BCUT2D eigenvalue weighted by Crippen LogP contribution is -2.10. The van der Waals surface area contributed by atoms with Gasteiger partial charge >= 0.3 is 5.97 Å². The van der Waals surface area contributed by atoms with Gasteiger partial charge in [-0.15, -0.1) is 0 Å². The van der Waals surface area contributed by atoms with Crippen LogP contribution in [0.3, 0.4) is 0 Å². The number of rotatable bonds is 7. The third kappa shape index (κ3) is 6.14. The Kier molecular flexibility index (Phi) is 6.43. The van der Waals surface area contributed by atoms with E-state index >= 15 is 0 Å². The number of carbonyl (C=O) groups is 1. The molecule has 0 amide bonds. The van der Waals surface area contributed by atoms with E-state index in [0.717, 1.165) is 4.90 Å². The van der Waals surface area contributed by atoms with Gasteiger partial charge in [0.25, 0.3) is 0 Å². The molecule has 0 atom stereocenters. The summed E-state index contributed by atoms with van der Waals surface area (Å²) < 4.78 is 10.2. The van der Waals surface area contributed by atoms with Gasteiger partial charge in [-0.2, -0.15) is 0 Å². The zero-order chi connectivity index (χ0) is 12.5. The quantitative estimate of drug-likeness (QED) is 0.246. The molecule has 0 fully saturated rings. The molecule has 0 heterocycles. The zero-order valence-corrected chi connectivity index (χ0v) is 10.7. The van der Waals surface area contributed by atoms with Crippen molar-refractivity contribution >= 4 is 17.7 Å². The van der Waals surface area contributed by atoms with Gasteiger partial charge in [0.2, 0.25) is 0 Å². The fourth-order valence-electron chi connectivity index (χ4n) is 1.00. The molecule has 3 nitrogen and oxygen atoms in total. The summed E-state index contributed by atoms with van der Waals surface area (Å²) in [4.78, 5) is 12.2. The van der Waals surface area contributed by atoms with Crippen LogP contribution in [0.5, 0.6) is 0 Å². The second-order valence-corrected chi connectivity index (χ2v) is 4.40. The van der Waals surface area contributed by atoms with Gasteiger partial charge in [-0.25, -0.2) is 4.79 Å². The lowest BCUT2D eigenvalue weighted by Gasteiger charge is -2.05. The van der Waals surface area contributed by atoms with Crippen LogP contribution in [0, 0.1) is 0 Å². The van der Waals surface area contributed by atoms with Crippen LogP contribution in [0.15, 0.2) is 47.4 Å². The molecule has 0 spiro atoms.